The monoisotopic (exact) mass is 195 g/mol. The van der Waals surface area contributed by atoms with Crippen LogP contribution in [0.2, 0.25) is 0 Å². The van der Waals surface area contributed by atoms with Crippen LogP contribution in [0.15, 0.2) is 0 Å². The molecule has 0 bridgehead atoms. The second-order valence-electron chi connectivity index (χ2n) is 0. The van der Waals surface area contributed by atoms with Crippen LogP contribution in [0.1, 0.15) is 0 Å². The second-order valence-corrected chi connectivity index (χ2v) is 0. The molecule has 5 heavy (non-hydrogen) atoms. The van der Waals surface area contributed by atoms with Crippen molar-refractivity contribution in [2.24, 2.45) is 0 Å². The zero-order chi connectivity index (χ0) is 0. The van der Waals surface area contributed by atoms with Crippen LogP contribution in [0.4, 0.5) is 0 Å². The molecule has 0 aliphatic rings. The molecule has 0 aliphatic carbocycles. The molecular weight excluding hydrogens is 194 g/mol. The van der Waals surface area contributed by atoms with Crippen LogP contribution in [0.25, 0.3) is 0 Å². The van der Waals surface area contributed by atoms with Crippen LogP contribution in [-0.4, -0.2) is 0 Å². The van der Waals surface area contributed by atoms with Gasteiger partial charge in [0.1, 0.15) is 0 Å². The molecular formula is H2Cl3FeS. The predicted molar refractivity (Wildman–Crippen MR) is 10.4 cm³/mol. The van der Waals surface area contributed by atoms with Crippen LogP contribution in [-0.2, 0) is 17.1 Å². The van der Waals surface area contributed by atoms with Gasteiger partial charge in [-0.3, -0.25) is 0 Å². The molecule has 0 rings (SSSR count). The molecule has 0 atom stereocenters. The Hall–Kier alpha value is 1.74. The van der Waals surface area contributed by atoms with Crippen LogP contribution in [0, 0.1) is 0 Å². The summed E-state index contributed by atoms with van der Waals surface area (Å²) in [6, 6.07) is 0. The van der Waals surface area contributed by atoms with E-state index in [1.807, 2.05) is 0 Å². The molecule has 0 unspecified atom stereocenters. The summed E-state index contributed by atoms with van der Waals surface area (Å²) in [5.74, 6) is 0. The number of halogens is 3. The van der Waals surface area contributed by atoms with Gasteiger partial charge in [-0.15, -0.1) is 0 Å². The maximum absolute atomic E-state index is 0. The zero-order valence-electron chi connectivity index (χ0n) is 1.99. The Balaban J connectivity index is 0. The van der Waals surface area contributed by atoms with Crippen molar-refractivity contribution >= 4 is 13.5 Å². The molecule has 0 fully saturated rings. The average Bonchev–Trinajstić information content (AvgIpc) is 0. The van der Waals surface area contributed by atoms with Crippen LogP contribution in [0.5, 0.6) is 0 Å². The van der Waals surface area contributed by atoms with Crippen molar-refractivity contribution < 1.29 is 54.3 Å². The smallest absolute Gasteiger partial charge is 1.00 e. The van der Waals surface area contributed by atoms with Crippen LogP contribution in [0.3, 0.4) is 0 Å². The second kappa shape index (κ2) is 42.6. The van der Waals surface area contributed by atoms with Gasteiger partial charge in [-0.25, -0.2) is 0 Å². The summed E-state index contributed by atoms with van der Waals surface area (Å²) in [6.07, 6.45) is 0. The van der Waals surface area contributed by atoms with Crippen molar-refractivity contribution in [1.29, 1.82) is 0 Å². The van der Waals surface area contributed by atoms with Crippen molar-refractivity contribution in [2.45, 2.75) is 0 Å². The first-order valence-electron chi connectivity index (χ1n) is 0. The van der Waals surface area contributed by atoms with Crippen molar-refractivity contribution in [3.05, 3.63) is 0 Å². The van der Waals surface area contributed by atoms with Crippen molar-refractivity contribution in [1.82, 2.24) is 0 Å². The van der Waals surface area contributed by atoms with Crippen LogP contribution < -0.4 is 37.2 Å². The average molecular weight is 196 g/mol. The third kappa shape index (κ3) is 26.5. The minimum Gasteiger partial charge on any atom is -1.00 e. The topological polar surface area (TPSA) is 0 Å². The van der Waals surface area contributed by atoms with E-state index in [9.17, 15) is 0 Å². The van der Waals surface area contributed by atoms with E-state index in [0.29, 0.717) is 0 Å². The first-order valence-corrected chi connectivity index (χ1v) is 0. The Labute approximate surface area is 67.6 Å². The van der Waals surface area contributed by atoms with Crippen LogP contribution >= 0.6 is 13.5 Å². The quantitative estimate of drug-likeness (QED) is 0.338. The van der Waals surface area contributed by atoms with Gasteiger partial charge in [0, 0.05) is 0 Å². The van der Waals surface area contributed by atoms with Gasteiger partial charge in [-0.1, -0.05) is 0 Å². The van der Waals surface area contributed by atoms with E-state index < -0.39 is 0 Å². The third-order valence-electron chi connectivity index (χ3n) is 0. The van der Waals surface area contributed by atoms with E-state index in [1.54, 1.807) is 0 Å². The summed E-state index contributed by atoms with van der Waals surface area (Å²) in [5, 5.41) is 0. The molecule has 0 aromatic rings. The molecule has 0 N–H and O–H groups in total. The van der Waals surface area contributed by atoms with E-state index in [4.69, 9.17) is 0 Å². The first kappa shape index (κ1) is 73.4. The normalized spacial score (nSPS) is 0. The fourth-order valence-electron chi connectivity index (χ4n) is 0. The molecule has 0 aliphatic heterocycles. The van der Waals surface area contributed by atoms with Crippen molar-refractivity contribution in [3.8, 4) is 0 Å². The maximum atomic E-state index is 0. The van der Waals surface area contributed by atoms with E-state index in [0.717, 1.165) is 0 Å². The largest absolute Gasteiger partial charge is 3.00 e. The summed E-state index contributed by atoms with van der Waals surface area (Å²) >= 11 is 0. The molecule has 0 aromatic carbocycles. The Morgan fingerprint density at radius 2 is 0.600 bits per heavy atom. The Kier molecular flexibility index (Phi) is 625. The summed E-state index contributed by atoms with van der Waals surface area (Å²) in [7, 11) is 0. The molecule has 0 amide bonds. The minimum atomic E-state index is 0. The Morgan fingerprint density at radius 3 is 0.600 bits per heavy atom. The van der Waals surface area contributed by atoms with E-state index in [-0.39, 0.29) is 67.8 Å². The van der Waals surface area contributed by atoms with Gasteiger partial charge in [0.2, 0.25) is 0 Å². The fourth-order valence-corrected chi connectivity index (χ4v) is 0. The predicted octanol–water partition coefficient (Wildman–Crippen LogP) is -8.88. The Bertz CT molecular complexity index is 6.85. The summed E-state index contributed by atoms with van der Waals surface area (Å²) < 4.78 is 0. The fraction of sp³-hybridized carbons (Fsp3) is 0. The number of rotatable bonds is 0. The molecule has 0 heterocycles. The molecule has 0 aromatic heterocycles. The molecule has 5 heteroatoms. The van der Waals surface area contributed by atoms with Gasteiger partial charge < -0.3 is 37.2 Å². The van der Waals surface area contributed by atoms with Gasteiger partial charge >= 0.3 is 17.1 Å². The van der Waals surface area contributed by atoms with E-state index in [1.165, 1.54) is 0 Å². The minimum absolute atomic E-state index is 0. The standard InChI is InChI=1S/3ClH.Fe.H2S/h3*1H;;1H2/q;;;+3;/p-3. The molecule has 0 saturated carbocycles. The first-order chi connectivity index (χ1) is 0. The van der Waals surface area contributed by atoms with Crippen molar-refractivity contribution in [3.63, 3.8) is 0 Å². The zero-order valence-corrected chi connectivity index (χ0v) is 6.36. The summed E-state index contributed by atoms with van der Waals surface area (Å²) in [6.45, 7) is 0. The van der Waals surface area contributed by atoms with Gasteiger partial charge in [0.25, 0.3) is 0 Å². The van der Waals surface area contributed by atoms with Gasteiger partial charge in [-0.2, -0.15) is 13.5 Å². The van der Waals surface area contributed by atoms with Gasteiger partial charge in [0.05, 0.1) is 0 Å². The van der Waals surface area contributed by atoms with Crippen molar-refractivity contribution in [2.75, 3.05) is 0 Å². The van der Waals surface area contributed by atoms with Gasteiger partial charge in [-0.05, 0) is 0 Å². The van der Waals surface area contributed by atoms with E-state index >= 15 is 0 Å². The number of hydrogen-bond acceptors (Lipinski definition) is 0. The maximum Gasteiger partial charge on any atom is 3.00 e. The van der Waals surface area contributed by atoms with Gasteiger partial charge in [0.15, 0.2) is 0 Å². The summed E-state index contributed by atoms with van der Waals surface area (Å²) in [4.78, 5) is 0. The number of hydrogen-bond donors (Lipinski definition) is 0. The molecule has 1 radical (unpaired) electrons. The molecule has 0 nitrogen and oxygen atoms in total. The summed E-state index contributed by atoms with van der Waals surface area (Å²) in [5.41, 5.74) is 0. The van der Waals surface area contributed by atoms with E-state index in [2.05, 4.69) is 0 Å². The molecule has 0 spiro atoms. The molecule has 37 valence electrons. The third-order valence-corrected chi connectivity index (χ3v) is 0. The Morgan fingerprint density at radius 1 is 0.600 bits per heavy atom. The molecule has 0 saturated heterocycles. The SMILES string of the molecule is S.[Cl-].[Cl-].[Cl-].[Fe+3].